The molecular formula is C15H23N3O. The third-order valence-corrected chi connectivity index (χ3v) is 3.71. The zero-order valence-electron chi connectivity index (χ0n) is 11.6. The highest BCUT2D eigenvalue weighted by atomic mass is 16.2. The molecule has 2 heterocycles. The molecule has 1 aliphatic heterocycles. The highest BCUT2D eigenvalue weighted by Crippen LogP contribution is 2.13. The molecular weight excluding hydrogens is 238 g/mol. The van der Waals surface area contributed by atoms with E-state index >= 15 is 0 Å². The minimum absolute atomic E-state index is 0.226. The number of carbonyl (C=O) groups is 1. The number of hydrogen-bond donors (Lipinski definition) is 1. The molecule has 0 aromatic carbocycles. The Bertz CT molecular complexity index is 388. The van der Waals surface area contributed by atoms with Crippen LogP contribution in [0, 0.1) is 0 Å². The third-order valence-electron chi connectivity index (χ3n) is 3.71. The Morgan fingerprint density at radius 1 is 1.42 bits per heavy atom. The maximum atomic E-state index is 12.1. The molecule has 1 aliphatic rings. The van der Waals surface area contributed by atoms with Gasteiger partial charge in [-0.3, -0.25) is 9.78 Å². The third kappa shape index (κ3) is 4.63. The van der Waals surface area contributed by atoms with E-state index in [2.05, 4.69) is 10.3 Å². The summed E-state index contributed by atoms with van der Waals surface area (Å²) in [6.45, 7) is 1.77. The molecule has 0 spiro atoms. The molecule has 104 valence electrons. The summed E-state index contributed by atoms with van der Waals surface area (Å²) in [5.74, 6) is 0.226. The lowest BCUT2D eigenvalue weighted by molar-refractivity contribution is -0.130. The number of amides is 1. The Labute approximate surface area is 115 Å². The average molecular weight is 261 g/mol. The van der Waals surface area contributed by atoms with E-state index in [4.69, 9.17) is 0 Å². The van der Waals surface area contributed by atoms with Crippen LogP contribution in [-0.2, 0) is 11.3 Å². The van der Waals surface area contributed by atoms with Crippen molar-refractivity contribution in [1.82, 2.24) is 15.2 Å². The number of nitrogens with one attached hydrogen (secondary N) is 1. The molecule has 19 heavy (non-hydrogen) atoms. The van der Waals surface area contributed by atoms with Crippen molar-refractivity contribution in [3.05, 3.63) is 30.1 Å². The van der Waals surface area contributed by atoms with Gasteiger partial charge in [-0.2, -0.15) is 0 Å². The van der Waals surface area contributed by atoms with Crippen LogP contribution in [0.3, 0.4) is 0 Å². The molecule has 1 amide bonds. The maximum Gasteiger partial charge on any atom is 0.222 e. The van der Waals surface area contributed by atoms with Gasteiger partial charge in [0.15, 0.2) is 0 Å². The second kappa shape index (κ2) is 7.24. The first kappa shape index (κ1) is 14.0. The van der Waals surface area contributed by atoms with E-state index in [1.807, 2.05) is 19.2 Å². The van der Waals surface area contributed by atoms with Crippen LogP contribution in [0.1, 0.15) is 37.7 Å². The molecule has 1 fully saturated rings. The molecule has 1 aromatic heterocycles. The lowest BCUT2D eigenvalue weighted by atomic mass is 10.0. The molecule has 1 saturated heterocycles. The van der Waals surface area contributed by atoms with Crippen molar-refractivity contribution in [2.24, 2.45) is 0 Å². The average Bonchev–Trinajstić information content (AvgIpc) is 2.47. The quantitative estimate of drug-likeness (QED) is 0.881. The topological polar surface area (TPSA) is 45.2 Å². The Hall–Kier alpha value is -1.42. The van der Waals surface area contributed by atoms with E-state index in [0.717, 1.165) is 18.5 Å². The first-order valence-electron chi connectivity index (χ1n) is 7.12. The van der Waals surface area contributed by atoms with Gasteiger partial charge in [0.2, 0.25) is 5.91 Å². The molecule has 2 rings (SSSR count). The maximum absolute atomic E-state index is 12.1. The van der Waals surface area contributed by atoms with Gasteiger partial charge in [-0.25, -0.2) is 0 Å². The number of aromatic nitrogens is 1. The summed E-state index contributed by atoms with van der Waals surface area (Å²) in [5.41, 5.74) is 1.13. The minimum Gasteiger partial charge on any atom is -0.341 e. The van der Waals surface area contributed by atoms with Crippen LogP contribution in [0.15, 0.2) is 24.5 Å². The molecule has 1 atom stereocenters. The van der Waals surface area contributed by atoms with Crippen molar-refractivity contribution in [2.45, 2.75) is 44.7 Å². The summed E-state index contributed by atoms with van der Waals surface area (Å²) in [5, 5.41) is 3.48. The lowest BCUT2D eigenvalue weighted by Gasteiger charge is -2.24. The van der Waals surface area contributed by atoms with Crippen LogP contribution in [0.2, 0.25) is 0 Å². The molecule has 4 nitrogen and oxygen atoms in total. The second-order valence-electron chi connectivity index (χ2n) is 5.29. The Balaban J connectivity index is 1.73. The molecule has 4 heteroatoms. The number of piperidine rings is 1. The monoisotopic (exact) mass is 261 g/mol. The van der Waals surface area contributed by atoms with Gasteiger partial charge in [0, 0.05) is 38.4 Å². The van der Waals surface area contributed by atoms with E-state index in [-0.39, 0.29) is 5.91 Å². The molecule has 0 aliphatic carbocycles. The highest BCUT2D eigenvalue weighted by Gasteiger charge is 2.15. The van der Waals surface area contributed by atoms with E-state index in [1.165, 1.54) is 19.3 Å². The van der Waals surface area contributed by atoms with Crippen LogP contribution in [0.25, 0.3) is 0 Å². The standard InChI is InChI=1S/C15H23N3O/c1-18(12-13-7-10-16-11-8-13)15(19)6-5-14-4-2-3-9-17-14/h7-8,10-11,14,17H,2-6,9,12H2,1H3. The van der Waals surface area contributed by atoms with Gasteiger partial charge in [0.25, 0.3) is 0 Å². The van der Waals surface area contributed by atoms with Crippen molar-refractivity contribution < 1.29 is 4.79 Å². The van der Waals surface area contributed by atoms with Crippen LogP contribution < -0.4 is 5.32 Å². The lowest BCUT2D eigenvalue weighted by Crippen LogP contribution is -2.35. The van der Waals surface area contributed by atoms with Gasteiger partial charge in [0.05, 0.1) is 0 Å². The fraction of sp³-hybridized carbons (Fsp3) is 0.600. The highest BCUT2D eigenvalue weighted by molar-refractivity contribution is 5.75. The van der Waals surface area contributed by atoms with Gasteiger partial charge >= 0.3 is 0 Å². The Morgan fingerprint density at radius 2 is 2.21 bits per heavy atom. The Kier molecular flexibility index (Phi) is 5.33. The minimum atomic E-state index is 0.226. The Morgan fingerprint density at radius 3 is 2.89 bits per heavy atom. The molecule has 0 saturated carbocycles. The number of carbonyl (C=O) groups excluding carboxylic acids is 1. The second-order valence-corrected chi connectivity index (χ2v) is 5.29. The van der Waals surface area contributed by atoms with Gasteiger partial charge in [0.1, 0.15) is 0 Å². The van der Waals surface area contributed by atoms with Crippen LogP contribution >= 0.6 is 0 Å². The van der Waals surface area contributed by atoms with Crippen LogP contribution in [0.4, 0.5) is 0 Å². The van der Waals surface area contributed by atoms with Crippen molar-refractivity contribution in [1.29, 1.82) is 0 Å². The van der Waals surface area contributed by atoms with Gasteiger partial charge in [-0.1, -0.05) is 6.42 Å². The van der Waals surface area contributed by atoms with Gasteiger partial charge in [-0.15, -0.1) is 0 Å². The number of hydrogen-bond acceptors (Lipinski definition) is 3. The van der Waals surface area contributed by atoms with Crippen molar-refractivity contribution in [3.8, 4) is 0 Å². The largest absolute Gasteiger partial charge is 0.341 e. The summed E-state index contributed by atoms with van der Waals surface area (Å²) in [4.78, 5) is 17.9. The van der Waals surface area contributed by atoms with E-state index in [1.54, 1.807) is 17.3 Å². The normalized spacial score (nSPS) is 19.1. The molecule has 0 bridgehead atoms. The van der Waals surface area contributed by atoms with Crippen LogP contribution in [-0.4, -0.2) is 35.4 Å². The van der Waals surface area contributed by atoms with Crippen molar-refractivity contribution >= 4 is 5.91 Å². The molecule has 1 N–H and O–H groups in total. The predicted molar refractivity (Wildman–Crippen MR) is 75.6 cm³/mol. The van der Waals surface area contributed by atoms with E-state index in [0.29, 0.717) is 19.0 Å². The summed E-state index contributed by atoms with van der Waals surface area (Å²) < 4.78 is 0. The van der Waals surface area contributed by atoms with Crippen LogP contribution in [0.5, 0.6) is 0 Å². The SMILES string of the molecule is CN(Cc1ccncc1)C(=O)CCC1CCCCN1. The molecule has 1 unspecified atom stereocenters. The smallest absolute Gasteiger partial charge is 0.222 e. The number of rotatable bonds is 5. The van der Waals surface area contributed by atoms with Gasteiger partial charge < -0.3 is 10.2 Å². The first-order chi connectivity index (χ1) is 9.25. The zero-order chi connectivity index (χ0) is 13.5. The fourth-order valence-electron chi connectivity index (χ4n) is 2.51. The zero-order valence-corrected chi connectivity index (χ0v) is 11.6. The summed E-state index contributed by atoms with van der Waals surface area (Å²) in [7, 11) is 1.87. The van der Waals surface area contributed by atoms with Gasteiger partial charge in [-0.05, 0) is 43.5 Å². The van der Waals surface area contributed by atoms with Crippen molar-refractivity contribution in [3.63, 3.8) is 0 Å². The predicted octanol–water partition coefficient (Wildman–Crippen LogP) is 1.96. The fourth-order valence-corrected chi connectivity index (χ4v) is 2.51. The summed E-state index contributed by atoms with van der Waals surface area (Å²) in [6, 6.07) is 4.44. The van der Waals surface area contributed by atoms with Crippen molar-refractivity contribution in [2.75, 3.05) is 13.6 Å². The number of nitrogens with zero attached hydrogens (tertiary/aromatic N) is 2. The summed E-state index contributed by atoms with van der Waals surface area (Å²) in [6.07, 6.45) is 8.89. The van der Waals surface area contributed by atoms with E-state index < -0.39 is 0 Å². The van der Waals surface area contributed by atoms with E-state index in [9.17, 15) is 4.79 Å². The molecule has 0 radical (unpaired) electrons. The first-order valence-corrected chi connectivity index (χ1v) is 7.12. The summed E-state index contributed by atoms with van der Waals surface area (Å²) >= 11 is 0. The number of pyridine rings is 1. The molecule has 1 aromatic rings.